The molecular formula is C10H15N3O2S. The van der Waals surface area contributed by atoms with Gasteiger partial charge in [0.15, 0.2) is 0 Å². The maximum atomic E-state index is 11.9. The van der Waals surface area contributed by atoms with Crippen molar-refractivity contribution in [2.45, 2.75) is 24.9 Å². The summed E-state index contributed by atoms with van der Waals surface area (Å²) in [5, 5.41) is 5.60. The molecule has 88 valence electrons. The molecule has 1 amide bonds. The van der Waals surface area contributed by atoms with Gasteiger partial charge in [0.25, 0.3) is 0 Å². The molecule has 1 aliphatic heterocycles. The molecule has 3 N–H and O–H groups in total. The first-order valence-corrected chi connectivity index (χ1v) is 6.12. The number of thiazole rings is 1. The van der Waals surface area contributed by atoms with E-state index in [0.717, 1.165) is 5.01 Å². The average molecular weight is 241 g/mol. The fourth-order valence-electron chi connectivity index (χ4n) is 1.63. The van der Waals surface area contributed by atoms with Crippen LogP contribution in [0.15, 0.2) is 11.6 Å². The first-order chi connectivity index (χ1) is 7.71. The minimum atomic E-state index is -0.768. The van der Waals surface area contributed by atoms with E-state index in [2.05, 4.69) is 10.3 Å². The molecule has 1 aliphatic rings. The van der Waals surface area contributed by atoms with Crippen LogP contribution in [0.4, 0.5) is 0 Å². The van der Waals surface area contributed by atoms with Crippen LogP contribution < -0.4 is 11.1 Å². The lowest BCUT2D eigenvalue weighted by Crippen LogP contribution is -2.56. The van der Waals surface area contributed by atoms with Crippen LogP contribution in [0.1, 0.15) is 17.8 Å². The lowest BCUT2D eigenvalue weighted by Gasteiger charge is -2.31. The predicted molar refractivity (Wildman–Crippen MR) is 60.9 cm³/mol. The van der Waals surface area contributed by atoms with Crippen LogP contribution in [-0.4, -0.2) is 29.6 Å². The highest BCUT2D eigenvalue weighted by molar-refractivity contribution is 7.09. The van der Waals surface area contributed by atoms with Gasteiger partial charge in [0.2, 0.25) is 5.91 Å². The van der Waals surface area contributed by atoms with Gasteiger partial charge in [-0.2, -0.15) is 0 Å². The van der Waals surface area contributed by atoms with Crippen LogP contribution in [0.3, 0.4) is 0 Å². The molecule has 0 radical (unpaired) electrons. The Labute approximate surface area is 98.0 Å². The van der Waals surface area contributed by atoms with E-state index in [1.807, 2.05) is 5.38 Å². The van der Waals surface area contributed by atoms with Crippen LogP contribution in [0.5, 0.6) is 0 Å². The lowest BCUT2D eigenvalue weighted by atomic mass is 9.90. The van der Waals surface area contributed by atoms with Crippen molar-refractivity contribution in [3.8, 4) is 0 Å². The molecule has 0 unspecified atom stereocenters. The molecule has 2 rings (SSSR count). The summed E-state index contributed by atoms with van der Waals surface area (Å²) in [5.74, 6) is -0.106. The summed E-state index contributed by atoms with van der Waals surface area (Å²) < 4.78 is 5.20. The van der Waals surface area contributed by atoms with Crippen LogP contribution >= 0.6 is 11.3 Å². The number of hydrogen-bond acceptors (Lipinski definition) is 5. The van der Waals surface area contributed by atoms with Crippen molar-refractivity contribution in [3.05, 3.63) is 16.6 Å². The van der Waals surface area contributed by atoms with Gasteiger partial charge in [0.05, 0.1) is 12.1 Å². The van der Waals surface area contributed by atoms with E-state index in [4.69, 9.17) is 10.5 Å². The Kier molecular flexibility index (Phi) is 3.52. The maximum Gasteiger partial charge on any atom is 0.240 e. The van der Waals surface area contributed by atoms with Gasteiger partial charge in [-0.1, -0.05) is 0 Å². The average Bonchev–Trinajstić information content (AvgIpc) is 2.79. The van der Waals surface area contributed by atoms with Gasteiger partial charge in [0, 0.05) is 24.8 Å². The maximum absolute atomic E-state index is 11.9. The van der Waals surface area contributed by atoms with Crippen molar-refractivity contribution in [1.29, 1.82) is 0 Å². The third-order valence-corrected chi connectivity index (χ3v) is 3.50. The van der Waals surface area contributed by atoms with Crippen molar-refractivity contribution < 1.29 is 9.53 Å². The van der Waals surface area contributed by atoms with Crippen LogP contribution in [0.2, 0.25) is 0 Å². The quantitative estimate of drug-likeness (QED) is 0.796. The fourth-order valence-corrected chi connectivity index (χ4v) is 2.19. The molecule has 0 atom stereocenters. The van der Waals surface area contributed by atoms with Crippen LogP contribution in [-0.2, 0) is 16.1 Å². The summed E-state index contributed by atoms with van der Waals surface area (Å²) in [5.41, 5.74) is 5.26. The number of rotatable bonds is 3. The highest BCUT2D eigenvalue weighted by Crippen LogP contribution is 2.17. The van der Waals surface area contributed by atoms with Gasteiger partial charge in [-0.05, 0) is 12.8 Å². The molecule has 0 spiro atoms. The summed E-state index contributed by atoms with van der Waals surface area (Å²) in [6, 6.07) is 0. The minimum absolute atomic E-state index is 0.106. The molecule has 0 bridgehead atoms. The molecule has 1 fully saturated rings. The SMILES string of the molecule is NC1(C(=O)NCc2nccs2)CCOCC1. The fraction of sp³-hybridized carbons (Fsp3) is 0.600. The third kappa shape index (κ3) is 2.58. The first-order valence-electron chi connectivity index (χ1n) is 5.24. The van der Waals surface area contributed by atoms with E-state index in [9.17, 15) is 4.79 Å². The first kappa shape index (κ1) is 11.5. The second-order valence-corrected chi connectivity index (χ2v) is 4.86. The molecule has 1 aromatic rings. The number of hydrogen-bond donors (Lipinski definition) is 2. The monoisotopic (exact) mass is 241 g/mol. The van der Waals surface area contributed by atoms with Gasteiger partial charge < -0.3 is 15.8 Å². The van der Waals surface area contributed by atoms with E-state index in [1.165, 1.54) is 11.3 Å². The van der Waals surface area contributed by atoms with E-state index in [-0.39, 0.29) is 5.91 Å². The van der Waals surface area contributed by atoms with Gasteiger partial charge in [-0.25, -0.2) is 4.98 Å². The second-order valence-electron chi connectivity index (χ2n) is 3.88. The predicted octanol–water partition coefficient (Wildman–Crippen LogP) is 0.267. The third-order valence-electron chi connectivity index (χ3n) is 2.72. The van der Waals surface area contributed by atoms with Gasteiger partial charge >= 0.3 is 0 Å². The molecule has 0 aliphatic carbocycles. The smallest absolute Gasteiger partial charge is 0.240 e. The van der Waals surface area contributed by atoms with Crippen molar-refractivity contribution >= 4 is 17.2 Å². The number of ether oxygens (including phenoxy) is 1. The van der Waals surface area contributed by atoms with E-state index in [1.54, 1.807) is 6.20 Å². The molecule has 0 aromatic carbocycles. The second kappa shape index (κ2) is 4.90. The topological polar surface area (TPSA) is 77.2 Å². The van der Waals surface area contributed by atoms with Crippen molar-refractivity contribution in [2.24, 2.45) is 5.73 Å². The van der Waals surface area contributed by atoms with E-state index < -0.39 is 5.54 Å². The number of nitrogens with one attached hydrogen (secondary N) is 1. The summed E-state index contributed by atoms with van der Waals surface area (Å²) >= 11 is 1.52. The molecule has 5 nitrogen and oxygen atoms in total. The number of carbonyl (C=O) groups is 1. The van der Waals surface area contributed by atoms with Crippen molar-refractivity contribution in [1.82, 2.24) is 10.3 Å². The Balaban J connectivity index is 1.87. The summed E-state index contributed by atoms with van der Waals surface area (Å²) in [4.78, 5) is 16.0. The van der Waals surface area contributed by atoms with E-state index >= 15 is 0 Å². The molecule has 1 aromatic heterocycles. The highest BCUT2D eigenvalue weighted by atomic mass is 32.1. The Hall–Kier alpha value is -0.980. The Bertz CT molecular complexity index is 347. The standard InChI is InChI=1S/C10H15N3O2S/c11-10(1-4-15-5-2-10)9(14)13-7-8-12-3-6-16-8/h3,6H,1-2,4-5,7,11H2,(H,13,14). The Morgan fingerprint density at radius 3 is 3.00 bits per heavy atom. The molecule has 1 saturated heterocycles. The van der Waals surface area contributed by atoms with Gasteiger partial charge in [-0.3, -0.25) is 4.79 Å². The largest absolute Gasteiger partial charge is 0.381 e. The summed E-state index contributed by atoms with van der Waals surface area (Å²) in [6.07, 6.45) is 2.88. The van der Waals surface area contributed by atoms with Gasteiger partial charge in [-0.15, -0.1) is 11.3 Å². The molecule has 0 saturated carbocycles. The number of carbonyl (C=O) groups excluding carboxylic acids is 1. The normalized spacial score (nSPS) is 19.3. The summed E-state index contributed by atoms with van der Waals surface area (Å²) in [7, 11) is 0. The number of nitrogens with two attached hydrogens (primary N) is 1. The molecule has 2 heterocycles. The zero-order valence-electron chi connectivity index (χ0n) is 8.94. The molecule has 16 heavy (non-hydrogen) atoms. The highest BCUT2D eigenvalue weighted by Gasteiger charge is 2.35. The zero-order chi connectivity index (χ0) is 11.4. The Morgan fingerprint density at radius 1 is 1.62 bits per heavy atom. The van der Waals surface area contributed by atoms with Crippen LogP contribution in [0, 0.1) is 0 Å². The number of aromatic nitrogens is 1. The number of nitrogens with zero attached hydrogens (tertiary/aromatic N) is 1. The van der Waals surface area contributed by atoms with Crippen molar-refractivity contribution in [2.75, 3.05) is 13.2 Å². The van der Waals surface area contributed by atoms with Crippen LogP contribution in [0.25, 0.3) is 0 Å². The summed E-state index contributed by atoms with van der Waals surface area (Å²) in [6.45, 7) is 1.57. The lowest BCUT2D eigenvalue weighted by molar-refractivity contribution is -0.129. The van der Waals surface area contributed by atoms with E-state index in [0.29, 0.717) is 32.6 Å². The van der Waals surface area contributed by atoms with Gasteiger partial charge in [0.1, 0.15) is 5.01 Å². The van der Waals surface area contributed by atoms with Crippen molar-refractivity contribution in [3.63, 3.8) is 0 Å². The minimum Gasteiger partial charge on any atom is -0.381 e. The Morgan fingerprint density at radius 2 is 2.38 bits per heavy atom. The number of amides is 1. The molecular weight excluding hydrogens is 226 g/mol. The zero-order valence-corrected chi connectivity index (χ0v) is 9.76. The molecule has 6 heteroatoms.